The number of fused-ring (bicyclic) bond motifs is 5. The number of hydrogen-bond donors (Lipinski definition) is 2. The van der Waals surface area contributed by atoms with Crippen LogP contribution in [0.4, 0.5) is 10.6 Å². The molecule has 6 unspecified atom stereocenters. The second-order valence-corrected chi connectivity index (χ2v) is 15.1. The summed E-state index contributed by atoms with van der Waals surface area (Å²) >= 11 is 7.82. The molecule has 256 valence electrons. The Morgan fingerprint density at radius 2 is 1.84 bits per heavy atom. The number of rotatable bonds is 4. The number of thiophene rings is 1. The molecule has 4 aromatic rings. The lowest BCUT2D eigenvalue weighted by Crippen LogP contribution is -2.49. The van der Waals surface area contributed by atoms with Crippen molar-refractivity contribution in [2.24, 2.45) is 41.9 Å². The van der Waals surface area contributed by atoms with Gasteiger partial charge in [-0.15, -0.1) is 11.3 Å². The fraction of sp³-hybridized carbons (Fsp3) is 0.333. The minimum atomic E-state index is -1.36. The van der Waals surface area contributed by atoms with Gasteiger partial charge in [0.1, 0.15) is 23.0 Å². The number of anilines is 1. The average Bonchev–Trinajstić information content (AvgIpc) is 3.75. The predicted octanol–water partition coefficient (Wildman–Crippen LogP) is 5.29. The van der Waals surface area contributed by atoms with E-state index < -0.39 is 64.7 Å². The van der Waals surface area contributed by atoms with Crippen molar-refractivity contribution in [3.05, 3.63) is 70.3 Å². The summed E-state index contributed by atoms with van der Waals surface area (Å²) in [6.45, 7) is 3.74. The largest absolute Gasteiger partial charge is 0.508 e. The average molecular weight is 714 g/mol. The number of aryl methyl sites for hydroxylation is 2. The first-order chi connectivity index (χ1) is 23.8. The standard InChI is InChI=1S/C36H32ClN5O7S/c1-15-21-11-16(37)5-10-26(21)50-30(15)24-14-27(40(3)39-24)41-32(45)23-13-22-18(8-9-20-28(22)33(46)42(31(20)44)35(38)48)29(36(23,2)34(41)47)19-7-6-17(43)12-25(19)49-4/h5-8,10-12,14,20,22-23,28-29,43H,9,13H2,1-4H3,(H2,38,48). The molecule has 0 radical (unpaired) electrons. The van der Waals surface area contributed by atoms with E-state index in [2.05, 4.69) is 0 Å². The Kier molecular flexibility index (Phi) is 7.08. The van der Waals surface area contributed by atoms with Gasteiger partial charge >= 0.3 is 6.03 Å². The maximum absolute atomic E-state index is 15.0. The van der Waals surface area contributed by atoms with Gasteiger partial charge < -0.3 is 15.6 Å². The molecular formula is C36H32ClN5O7S. The van der Waals surface area contributed by atoms with Crippen molar-refractivity contribution in [1.82, 2.24) is 14.7 Å². The lowest BCUT2D eigenvalue weighted by Gasteiger charge is -2.49. The molecular weight excluding hydrogens is 682 g/mol. The van der Waals surface area contributed by atoms with Crippen LogP contribution in [0, 0.1) is 36.0 Å². The van der Waals surface area contributed by atoms with Crippen molar-refractivity contribution in [2.45, 2.75) is 32.6 Å². The Balaban J connectivity index is 1.27. The van der Waals surface area contributed by atoms with Crippen LogP contribution in [0.15, 0.2) is 54.1 Å². The summed E-state index contributed by atoms with van der Waals surface area (Å²) in [5, 5.41) is 16.7. The van der Waals surface area contributed by atoms with Gasteiger partial charge in [-0.25, -0.2) is 9.69 Å². The Labute approximate surface area is 295 Å². The van der Waals surface area contributed by atoms with Gasteiger partial charge in [-0.3, -0.25) is 23.9 Å². The number of amides is 6. The number of methoxy groups -OCH3 is 1. The quantitative estimate of drug-likeness (QED) is 0.213. The number of urea groups is 1. The number of hydrogen-bond acceptors (Lipinski definition) is 9. The van der Waals surface area contributed by atoms with Gasteiger partial charge in [0.2, 0.25) is 23.6 Å². The lowest BCUT2D eigenvalue weighted by molar-refractivity contribution is -0.136. The number of allylic oxidation sites excluding steroid dienone is 2. The first-order valence-electron chi connectivity index (χ1n) is 16.1. The molecule has 4 aliphatic rings. The number of ether oxygens (including phenoxy) is 1. The highest BCUT2D eigenvalue weighted by atomic mass is 35.5. The number of primary amides is 1. The van der Waals surface area contributed by atoms with Gasteiger partial charge in [-0.1, -0.05) is 29.3 Å². The molecule has 6 atom stereocenters. The number of carbonyl (C=O) groups excluding carboxylic acids is 5. The highest BCUT2D eigenvalue weighted by Gasteiger charge is 2.68. The molecule has 1 saturated carbocycles. The molecule has 2 aromatic heterocycles. The highest BCUT2D eigenvalue weighted by Crippen LogP contribution is 2.64. The number of phenols is 1. The zero-order chi connectivity index (χ0) is 35.5. The van der Waals surface area contributed by atoms with Gasteiger partial charge in [0.15, 0.2) is 0 Å². The topological polar surface area (TPSA) is 165 Å². The van der Waals surface area contributed by atoms with Gasteiger partial charge in [-0.2, -0.15) is 10.00 Å². The summed E-state index contributed by atoms with van der Waals surface area (Å²) in [6, 6.07) is 10.8. The monoisotopic (exact) mass is 713 g/mol. The molecule has 0 bridgehead atoms. The van der Waals surface area contributed by atoms with E-state index in [1.165, 1.54) is 40.2 Å². The maximum Gasteiger partial charge on any atom is 0.328 e. The third kappa shape index (κ3) is 4.22. The number of nitrogens with zero attached hydrogens (tertiary/aromatic N) is 4. The number of phenolic OH excluding ortho intramolecular Hbond substituents is 1. The summed E-state index contributed by atoms with van der Waals surface area (Å²) in [5.74, 6) is -5.84. The summed E-state index contributed by atoms with van der Waals surface area (Å²) in [4.78, 5) is 71.4. The molecule has 50 heavy (non-hydrogen) atoms. The van der Waals surface area contributed by atoms with E-state index in [9.17, 15) is 29.1 Å². The second-order valence-electron chi connectivity index (χ2n) is 13.6. The molecule has 14 heteroatoms. The van der Waals surface area contributed by atoms with E-state index >= 15 is 0 Å². The van der Waals surface area contributed by atoms with E-state index in [0.717, 1.165) is 20.5 Å². The number of halogens is 1. The first-order valence-corrected chi connectivity index (χ1v) is 17.3. The van der Waals surface area contributed by atoms with Crippen LogP contribution in [0.5, 0.6) is 11.5 Å². The lowest BCUT2D eigenvalue weighted by atomic mass is 9.51. The molecule has 4 heterocycles. The van der Waals surface area contributed by atoms with Gasteiger partial charge in [0, 0.05) is 40.4 Å². The van der Waals surface area contributed by atoms with Crippen LogP contribution in [-0.4, -0.2) is 56.6 Å². The number of likely N-dealkylation sites (tertiary alicyclic amines) is 1. The van der Waals surface area contributed by atoms with Crippen LogP contribution in [0.2, 0.25) is 5.02 Å². The fourth-order valence-corrected chi connectivity index (χ4v) is 10.3. The van der Waals surface area contributed by atoms with Gasteiger partial charge in [-0.05, 0) is 67.8 Å². The second kappa shape index (κ2) is 11.0. The fourth-order valence-electron chi connectivity index (χ4n) is 8.95. The molecule has 2 aromatic carbocycles. The van der Waals surface area contributed by atoms with Crippen molar-refractivity contribution in [3.8, 4) is 22.1 Å². The van der Waals surface area contributed by atoms with Gasteiger partial charge in [0.25, 0.3) is 0 Å². The number of nitrogens with two attached hydrogens (primary N) is 1. The van der Waals surface area contributed by atoms with Crippen molar-refractivity contribution in [1.29, 1.82) is 0 Å². The summed E-state index contributed by atoms with van der Waals surface area (Å²) in [7, 11) is 3.13. The van der Waals surface area contributed by atoms with Crippen LogP contribution >= 0.6 is 22.9 Å². The van der Waals surface area contributed by atoms with Crippen molar-refractivity contribution in [3.63, 3.8) is 0 Å². The van der Waals surface area contributed by atoms with Crippen LogP contribution < -0.4 is 15.4 Å². The van der Waals surface area contributed by atoms with Crippen molar-refractivity contribution >= 4 is 68.5 Å². The molecule has 3 N–H and O–H groups in total. The Bertz CT molecular complexity index is 2260. The number of imide groups is 4. The zero-order valence-corrected chi connectivity index (χ0v) is 29.0. The van der Waals surface area contributed by atoms with Crippen LogP contribution in [-0.2, 0) is 26.2 Å². The molecule has 2 saturated heterocycles. The molecule has 0 spiro atoms. The van der Waals surface area contributed by atoms with E-state index in [1.807, 2.05) is 31.2 Å². The molecule has 2 aliphatic heterocycles. The van der Waals surface area contributed by atoms with Gasteiger partial charge in [0.05, 0.1) is 35.2 Å². The normalized spacial score (nSPS) is 27.5. The van der Waals surface area contributed by atoms with Crippen LogP contribution in [0.25, 0.3) is 20.7 Å². The molecule has 2 aliphatic carbocycles. The summed E-state index contributed by atoms with van der Waals surface area (Å²) in [6.07, 6.45) is 2.10. The Hall–Kier alpha value is -5.01. The van der Waals surface area contributed by atoms with E-state index in [4.69, 9.17) is 27.2 Å². The highest BCUT2D eigenvalue weighted by molar-refractivity contribution is 7.22. The molecule has 12 nitrogen and oxygen atoms in total. The number of carbonyl (C=O) groups is 5. The van der Waals surface area contributed by atoms with E-state index in [1.54, 1.807) is 26.1 Å². The first kappa shape index (κ1) is 32.2. The number of aromatic nitrogens is 2. The molecule has 3 fully saturated rings. The Morgan fingerprint density at radius 1 is 1.08 bits per heavy atom. The van der Waals surface area contributed by atoms with Crippen LogP contribution in [0.1, 0.15) is 36.8 Å². The smallest absolute Gasteiger partial charge is 0.328 e. The summed E-state index contributed by atoms with van der Waals surface area (Å²) in [5.41, 5.74) is 6.92. The zero-order valence-electron chi connectivity index (χ0n) is 27.5. The van der Waals surface area contributed by atoms with Crippen LogP contribution in [0.3, 0.4) is 0 Å². The third-order valence-electron chi connectivity index (χ3n) is 11.2. The predicted molar refractivity (Wildman–Crippen MR) is 184 cm³/mol. The SMILES string of the molecule is COc1cc(O)ccc1C1C2=CCC3C(=O)N(C(N)=O)C(=O)C3C2CC2C(=O)N(c3cc(-c4sc5ccc(Cl)cc5c4C)nn3C)C(=O)C21C. The summed E-state index contributed by atoms with van der Waals surface area (Å²) < 4.78 is 8.25. The third-order valence-corrected chi connectivity index (χ3v) is 12.8. The minimum Gasteiger partial charge on any atom is -0.508 e. The van der Waals surface area contributed by atoms with Crippen molar-refractivity contribution < 1.29 is 33.8 Å². The number of benzene rings is 2. The Morgan fingerprint density at radius 3 is 2.56 bits per heavy atom. The minimum absolute atomic E-state index is 0.0531. The number of aromatic hydroxyl groups is 1. The molecule has 8 rings (SSSR count). The van der Waals surface area contributed by atoms with Crippen molar-refractivity contribution in [2.75, 3.05) is 12.0 Å². The maximum atomic E-state index is 15.0. The molecule has 6 amide bonds. The van der Waals surface area contributed by atoms with E-state index in [-0.39, 0.29) is 18.6 Å². The van der Waals surface area contributed by atoms with E-state index in [0.29, 0.717) is 38.3 Å².